The fraction of sp³-hybridized carbons (Fsp3) is 0.492. The van der Waals surface area contributed by atoms with Gasteiger partial charge in [-0.05, 0) is 0 Å². The zero-order chi connectivity index (χ0) is 72.9. The quantitative estimate of drug-likeness (QED) is 0.0470. The first-order valence-corrected chi connectivity index (χ1v) is 29.0. The van der Waals surface area contributed by atoms with Crippen LogP contribution in [0.25, 0.3) is 0 Å². The first kappa shape index (κ1) is 86.4. The number of hydrogen-bond acceptors (Lipinski definition) is 34. The second-order valence-electron chi connectivity index (χ2n) is 19.7. The molecule has 0 radical (unpaired) electrons. The van der Waals surface area contributed by atoms with E-state index in [1.54, 1.807) is 0 Å². The molecule has 0 bridgehead atoms. The lowest BCUT2D eigenvalue weighted by atomic mass is 9.89. The Morgan fingerprint density at radius 1 is 0.186 bits per heavy atom. The van der Waals surface area contributed by atoms with E-state index >= 15 is 0 Å². The summed E-state index contributed by atoms with van der Waals surface area (Å²) in [5.74, 6) is -16.0. The van der Waals surface area contributed by atoms with E-state index in [2.05, 4.69) is 52.6 Å². The third-order valence-electron chi connectivity index (χ3n) is 11.7. The Balaban J connectivity index is 8.41. The summed E-state index contributed by atoms with van der Waals surface area (Å²) >= 11 is 0. The summed E-state index contributed by atoms with van der Waals surface area (Å²) in [6.07, 6.45) is 1.59. The molecule has 0 saturated heterocycles. The van der Waals surface area contributed by atoms with Crippen molar-refractivity contribution < 1.29 is 162 Å². The minimum atomic E-state index is -2.11. The molecule has 0 aliphatic rings. The third kappa shape index (κ3) is 43.1. The van der Waals surface area contributed by atoms with E-state index in [0.717, 1.165) is 48.6 Å². The first-order valence-electron chi connectivity index (χ1n) is 29.0. The molecule has 0 saturated carbocycles. The van der Waals surface area contributed by atoms with Gasteiger partial charge in [-0.2, -0.15) is 0 Å². The van der Waals surface area contributed by atoms with Crippen molar-refractivity contribution in [2.75, 3.05) is 132 Å². The fourth-order valence-corrected chi connectivity index (χ4v) is 6.52. The zero-order valence-electron chi connectivity index (χ0n) is 53.5. The molecule has 536 valence electrons. The Labute approximate surface area is 556 Å². The molecule has 97 heavy (non-hydrogen) atoms. The summed E-state index contributed by atoms with van der Waals surface area (Å²) in [5.41, 5.74) is -6.21. The van der Waals surface area contributed by atoms with Gasteiger partial charge in [-0.1, -0.05) is 52.6 Å². The van der Waals surface area contributed by atoms with Crippen molar-refractivity contribution in [2.45, 2.75) is 51.4 Å². The lowest BCUT2D eigenvalue weighted by Gasteiger charge is -2.37. The molecule has 34 heteroatoms. The zero-order valence-corrected chi connectivity index (χ0v) is 53.5. The Bertz CT molecular complexity index is 2380. The van der Waals surface area contributed by atoms with E-state index in [-0.39, 0.29) is 0 Å². The summed E-state index contributed by atoms with van der Waals surface area (Å²) in [4.78, 5) is 201. The molecule has 0 atom stereocenters. The number of esters is 16. The van der Waals surface area contributed by atoms with Crippen LogP contribution in [-0.2, 0) is 162 Å². The summed E-state index contributed by atoms with van der Waals surface area (Å²) in [6, 6.07) is 0. The number of carbonyl (C=O) groups is 16. The van der Waals surface area contributed by atoms with Gasteiger partial charge in [-0.3, -0.25) is 38.4 Å². The predicted octanol–water partition coefficient (Wildman–Crippen LogP) is 1.28. The van der Waals surface area contributed by atoms with Crippen LogP contribution in [0.3, 0.4) is 0 Å². The summed E-state index contributed by atoms with van der Waals surface area (Å²) in [5, 5.41) is 0. The van der Waals surface area contributed by atoms with Crippen LogP contribution in [0.4, 0.5) is 0 Å². The minimum Gasteiger partial charge on any atom is -0.465 e. The van der Waals surface area contributed by atoms with E-state index in [0.29, 0.717) is 0 Å². The highest BCUT2D eigenvalue weighted by molar-refractivity contribution is 5.85. The smallest absolute Gasteiger partial charge is 0.330 e. The average Bonchev–Trinajstić information content (AvgIpc) is 0.850. The molecule has 0 aromatic heterocycles. The third-order valence-corrected chi connectivity index (χ3v) is 11.7. The van der Waals surface area contributed by atoms with Crippen molar-refractivity contribution in [3.63, 3.8) is 0 Å². The van der Waals surface area contributed by atoms with E-state index in [4.69, 9.17) is 85.3 Å². The molecule has 0 aliphatic carbocycles. The van der Waals surface area contributed by atoms with Crippen LogP contribution in [0.1, 0.15) is 51.4 Å². The fourth-order valence-electron chi connectivity index (χ4n) is 6.52. The second-order valence-corrected chi connectivity index (χ2v) is 19.7. The van der Waals surface area contributed by atoms with Gasteiger partial charge in [0.2, 0.25) is 0 Å². The van der Waals surface area contributed by atoms with Gasteiger partial charge >= 0.3 is 95.5 Å². The summed E-state index contributed by atoms with van der Waals surface area (Å²) < 4.78 is 96.1. The van der Waals surface area contributed by atoms with Crippen LogP contribution in [0.5, 0.6) is 0 Å². The molecule has 0 unspecified atom stereocenters. The Morgan fingerprint density at radius 2 is 0.299 bits per heavy atom. The SMILES string of the molecule is C=CC(=O)OCCC(=O)OCC(COCC(COC(=O)CCOC(=O)C=C)(COC(=O)CCOC(=O)C=C)COC(=O)CCOC(=O)C=C)(COCC(COC(=O)CCOC(=O)C=C)(COC(=O)CCOC(=O)C=C)COC(=O)CCOC(=O)C=C)COC(=O)CCOC(=O)C=C. The van der Waals surface area contributed by atoms with Gasteiger partial charge in [0.15, 0.2) is 0 Å². The molecule has 0 amide bonds. The van der Waals surface area contributed by atoms with Crippen LogP contribution < -0.4 is 0 Å². The van der Waals surface area contributed by atoms with Crippen molar-refractivity contribution in [1.82, 2.24) is 0 Å². The summed E-state index contributed by atoms with van der Waals surface area (Å²) in [6.45, 7) is 10.9. The topological polar surface area (TPSA) is 439 Å². The highest BCUT2D eigenvalue weighted by Gasteiger charge is 2.43. The van der Waals surface area contributed by atoms with E-state index in [1.807, 2.05) is 0 Å². The molecule has 0 rings (SSSR count). The van der Waals surface area contributed by atoms with Gasteiger partial charge in [0.05, 0.1) is 94.0 Å². The molecule has 0 heterocycles. The van der Waals surface area contributed by atoms with Gasteiger partial charge < -0.3 is 85.3 Å². The van der Waals surface area contributed by atoms with Gasteiger partial charge in [0, 0.05) is 48.6 Å². The van der Waals surface area contributed by atoms with Crippen LogP contribution in [-0.4, -0.2) is 228 Å². The molecule has 0 aromatic carbocycles. The van der Waals surface area contributed by atoms with Crippen LogP contribution in [0.15, 0.2) is 101 Å². The van der Waals surface area contributed by atoms with Gasteiger partial charge in [0.1, 0.15) is 106 Å². The average molecular weight is 1380 g/mol. The maximum atomic E-state index is 13.5. The maximum absolute atomic E-state index is 13.5. The van der Waals surface area contributed by atoms with Gasteiger partial charge in [0.25, 0.3) is 0 Å². The molecule has 0 aromatic rings. The van der Waals surface area contributed by atoms with E-state index < -0.39 is 295 Å². The van der Waals surface area contributed by atoms with Crippen molar-refractivity contribution >= 4 is 95.5 Å². The standard InChI is InChI=1S/C63H80O34/c1-9-45(64)82-25-17-53(72)90-37-61(38-91-54(73)18-26-83-46(65)10-2,33-80-35-62(39-92-55(74)19-27-84-47(66)11-3,40-93-56(75)20-28-85-48(67)12-4)41-94-57(76)21-29-86-49(68)13-5)34-81-36-63(42-95-58(77)22-30-87-50(69)14-6,43-96-59(78)23-31-88-51(70)15-7)44-97-60(79)24-32-89-52(71)16-8/h9-16H,1-8,17-44H2. The maximum Gasteiger partial charge on any atom is 0.330 e. The van der Waals surface area contributed by atoms with E-state index in [1.165, 1.54) is 0 Å². The lowest BCUT2D eigenvalue weighted by molar-refractivity contribution is -0.178. The molecule has 34 nitrogen and oxygen atoms in total. The second kappa shape index (κ2) is 50.8. The van der Waals surface area contributed by atoms with Crippen molar-refractivity contribution in [2.24, 2.45) is 16.2 Å². The van der Waals surface area contributed by atoms with Crippen LogP contribution in [0.2, 0.25) is 0 Å². The Morgan fingerprint density at radius 3 is 0.412 bits per heavy atom. The molecule has 0 N–H and O–H groups in total. The van der Waals surface area contributed by atoms with Crippen molar-refractivity contribution in [3.8, 4) is 0 Å². The van der Waals surface area contributed by atoms with Crippen molar-refractivity contribution in [1.29, 1.82) is 0 Å². The molecule has 0 aliphatic heterocycles. The molecule has 0 fully saturated rings. The number of ether oxygens (including phenoxy) is 18. The van der Waals surface area contributed by atoms with Crippen LogP contribution in [0, 0.1) is 16.2 Å². The lowest BCUT2D eigenvalue weighted by Crippen LogP contribution is -2.48. The predicted molar refractivity (Wildman–Crippen MR) is 323 cm³/mol. The molecular weight excluding hydrogens is 1300 g/mol. The van der Waals surface area contributed by atoms with E-state index in [9.17, 15) is 76.7 Å². The summed E-state index contributed by atoms with van der Waals surface area (Å²) in [7, 11) is 0. The highest BCUT2D eigenvalue weighted by Crippen LogP contribution is 2.29. The van der Waals surface area contributed by atoms with Gasteiger partial charge in [-0.25, -0.2) is 38.4 Å². The minimum absolute atomic E-state index is 0.542. The first-order chi connectivity index (χ1) is 46.2. The normalized spacial score (nSPS) is 10.6. The highest BCUT2D eigenvalue weighted by atomic mass is 16.6. The molecular formula is C63H80O34. The van der Waals surface area contributed by atoms with Crippen molar-refractivity contribution in [3.05, 3.63) is 101 Å². The molecule has 0 spiro atoms. The Hall–Kier alpha value is -10.6. The number of rotatable bonds is 56. The number of carbonyl (C=O) groups excluding carboxylic acids is 16. The monoisotopic (exact) mass is 1380 g/mol. The van der Waals surface area contributed by atoms with Gasteiger partial charge in [-0.15, -0.1) is 0 Å². The number of hydrogen-bond donors (Lipinski definition) is 0. The Kier molecular flexibility index (Phi) is 45.2. The van der Waals surface area contributed by atoms with Crippen LogP contribution >= 0.6 is 0 Å². The largest absolute Gasteiger partial charge is 0.465 e.